The molecule has 0 aliphatic heterocycles. The van der Waals surface area contributed by atoms with Crippen molar-refractivity contribution >= 4 is 17.2 Å². The molecule has 2 aromatic heterocycles. The Balaban J connectivity index is 2.01. The maximum atomic E-state index is 13.1. The molecule has 0 fully saturated rings. The predicted molar refractivity (Wildman–Crippen MR) is 80.6 cm³/mol. The molecule has 22 heavy (non-hydrogen) atoms. The third-order valence-corrected chi connectivity index (χ3v) is 3.18. The van der Waals surface area contributed by atoms with Crippen molar-refractivity contribution in [1.82, 2.24) is 9.38 Å². The van der Waals surface area contributed by atoms with Gasteiger partial charge in [-0.15, -0.1) is 0 Å². The van der Waals surface area contributed by atoms with Gasteiger partial charge in [0.2, 0.25) is 0 Å². The van der Waals surface area contributed by atoms with Crippen molar-refractivity contribution in [2.24, 2.45) is 0 Å². The molecular weight excluding hydrogens is 285 g/mol. The number of rotatable bonds is 2. The number of halogens is 1. The number of benzene rings is 1. The van der Waals surface area contributed by atoms with Gasteiger partial charge < -0.3 is 5.32 Å². The molecule has 0 saturated heterocycles. The minimum absolute atomic E-state index is 0.104. The van der Waals surface area contributed by atoms with Crippen LogP contribution in [-0.2, 0) is 0 Å². The summed E-state index contributed by atoms with van der Waals surface area (Å²) in [6.07, 6.45) is 2.84. The second-order valence-electron chi connectivity index (χ2n) is 4.88. The smallest absolute Gasteiger partial charge is 0.270 e. The molecule has 0 bridgehead atoms. The zero-order valence-corrected chi connectivity index (χ0v) is 11.7. The molecule has 5 nitrogen and oxygen atoms in total. The first-order chi connectivity index (χ1) is 10.5. The molecule has 110 valence electrons. The zero-order chi connectivity index (χ0) is 15.7. The quantitative estimate of drug-likeness (QED) is 0.790. The van der Waals surface area contributed by atoms with Crippen LogP contribution in [0, 0.1) is 12.7 Å². The zero-order valence-electron chi connectivity index (χ0n) is 11.7. The summed E-state index contributed by atoms with van der Waals surface area (Å²) in [6.45, 7) is 1.84. The van der Waals surface area contributed by atoms with Crippen molar-refractivity contribution in [3.8, 4) is 0 Å². The largest absolute Gasteiger partial charge is 0.322 e. The number of hydrogen-bond donors (Lipinski definition) is 1. The molecule has 0 aliphatic rings. The molecule has 3 rings (SSSR count). The highest BCUT2D eigenvalue weighted by molar-refractivity contribution is 6.03. The first-order valence-electron chi connectivity index (χ1n) is 6.59. The number of amides is 1. The van der Waals surface area contributed by atoms with Crippen LogP contribution in [0.5, 0.6) is 0 Å². The van der Waals surface area contributed by atoms with Gasteiger partial charge in [0.1, 0.15) is 17.0 Å². The molecule has 3 aromatic rings. The van der Waals surface area contributed by atoms with Gasteiger partial charge in [-0.1, -0.05) is 12.1 Å². The summed E-state index contributed by atoms with van der Waals surface area (Å²) in [7, 11) is 0. The Hall–Kier alpha value is -3.02. The average molecular weight is 297 g/mol. The first kappa shape index (κ1) is 13.9. The van der Waals surface area contributed by atoms with Gasteiger partial charge in [-0.05, 0) is 36.8 Å². The number of aryl methyl sites for hydroxylation is 1. The van der Waals surface area contributed by atoms with E-state index in [-0.39, 0.29) is 11.3 Å². The lowest BCUT2D eigenvalue weighted by Gasteiger charge is -2.06. The SMILES string of the molecule is Cc1ccc2ncc(C(=O)Nc3cccc(F)c3)c(=O)n2c1. The molecule has 0 saturated carbocycles. The Morgan fingerprint density at radius 2 is 2.09 bits per heavy atom. The summed E-state index contributed by atoms with van der Waals surface area (Å²) in [6, 6.07) is 8.98. The summed E-state index contributed by atoms with van der Waals surface area (Å²) in [4.78, 5) is 28.6. The van der Waals surface area contributed by atoms with Crippen LogP contribution in [0.2, 0.25) is 0 Å². The van der Waals surface area contributed by atoms with E-state index in [1.165, 1.54) is 34.9 Å². The van der Waals surface area contributed by atoms with E-state index in [1.807, 2.05) is 13.0 Å². The highest BCUT2D eigenvalue weighted by atomic mass is 19.1. The number of anilines is 1. The van der Waals surface area contributed by atoms with Crippen LogP contribution in [0.15, 0.2) is 53.6 Å². The normalized spacial score (nSPS) is 10.6. The summed E-state index contributed by atoms with van der Waals surface area (Å²) < 4.78 is 14.4. The van der Waals surface area contributed by atoms with Gasteiger partial charge in [0.15, 0.2) is 0 Å². The van der Waals surface area contributed by atoms with Crippen molar-refractivity contribution in [2.75, 3.05) is 5.32 Å². The van der Waals surface area contributed by atoms with Gasteiger partial charge in [-0.25, -0.2) is 9.37 Å². The molecule has 0 unspecified atom stereocenters. The third-order valence-electron chi connectivity index (χ3n) is 3.18. The number of carbonyl (C=O) groups excluding carboxylic acids is 1. The summed E-state index contributed by atoms with van der Waals surface area (Å²) in [5.41, 5.74) is 1.03. The van der Waals surface area contributed by atoms with E-state index in [0.717, 1.165) is 5.56 Å². The third kappa shape index (κ3) is 2.58. The molecule has 0 radical (unpaired) electrons. The number of nitrogens with zero attached hydrogens (tertiary/aromatic N) is 2. The Labute approximate surface area is 125 Å². The Kier molecular flexibility index (Phi) is 3.42. The van der Waals surface area contributed by atoms with Gasteiger partial charge in [0, 0.05) is 18.1 Å². The standard InChI is InChI=1S/C16H12FN3O2/c1-10-5-6-14-18-8-13(16(22)20(14)9-10)15(21)19-12-4-2-3-11(17)7-12/h2-9H,1H3,(H,19,21). The summed E-state index contributed by atoms with van der Waals surface area (Å²) >= 11 is 0. The lowest BCUT2D eigenvalue weighted by atomic mass is 10.2. The van der Waals surface area contributed by atoms with E-state index in [0.29, 0.717) is 5.65 Å². The molecule has 1 amide bonds. The van der Waals surface area contributed by atoms with E-state index in [4.69, 9.17) is 0 Å². The predicted octanol–water partition coefficient (Wildman–Crippen LogP) is 2.39. The maximum absolute atomic E-state index is 13.1. The van der Waals surface area contributed by atoms with Crippen molar-refractivity contribution in [1.29, 1.82) is 0 Å². The van der Waals surface area contributed by atoms with Crippen molar-refractivity contribution in [2.45, 2.75) is 6.92 Å². The number of hydrogen-bond acceptors (Lipinski definition) is 3. The average Bonchev–Trinajstić information content (AvgIpc) is 2.48. The van der Waals surface area contributed by atoms with Gasteiger partial charge in [0.05, 0.1) is 0 Å². The lowest BCUT2D eigenvalue weighted by molar-refractivity contribution is 0.102. The number of aromatic nitrogens is 2. The van der Waals surface area contributed by atoms with E-state index >= 15 is 0 Å². The van der Waals surface area contributed by atoms with Gasteiger partial charge in [-0.2, -0.15) is 0 Å². The minimum atomic E-state index is -0.626. The highest BCUT2D eigenvalue weighted by Gasteiger charge is 2.13. The van der Waals surface area contributed by atoms with Gasteiger partial charge >= 0.3 is 0 Å². The second-order valence-corrected chi connectivity index (χ2v) is 4.88. The van der Waals surface area contributed by atoms with Crippen LogP contribution in [0.1, 0.15) is 15.9 Å². The van der Waals surface area contributed by atoms with Crippen LogP contribution < -0.4 is 10.9 Å². The number of fused-ring (bicyclic) bond motifs is 1. The van der Waals surface area contributed by atoms with Crippen LogP contribution in [0.3, 0.4) is 0 Å². The van der Waals surface area contributed by atoms with Crippen LogP contribution in [-0.4, -0.2) is 15.3 Å². The molecule has 0 aliphatic carbocycles. The van der Waals surface area contributed by atoms with Crippen molar-refractivity contribution < 1.29 is 9.18 Å². The summed E-state index contributed by atoms with van der Waals surface area (Å²) in [5, 5.41) is 2.49. The molecule has 0 atom stereocenters. The Bertz CT molecular complexity index is 934. The molecular formula is C16H12FN3O2. The van der Waals surface area contributed by atoms with E-state index in [2.05, 4.69) is 10.3 Å². The maximum Gasteiger partial charge on any atom is 0.270 e. The molecule has 2 heterocycles. The van der Waals surface area contributed by atoms with E-state index in [9.17, 15) is 14.0 Å². The summed E-state index contributed by atoms with van der Waals surface area (Å²) in [5.74, 6) is -1.10. The number of nitrogens with one attached hydrogen (secondary N) is 1. The monoisotopic (exact) mass is 297 g/mol. The van der Waals surface area contributed by atoms with Crippen LogP contribution in [0.4, 0.5) is 10.1 Å². The lowest BCUT2D eigenvalue weighted by Crippen LogP contribution is -2.26. The van der Waals surface area contributed by atoms with Gasteiger partial charge in [-0.3, -0.25) is 14.0 Å². The fourth-order valence-electron chi connectivity index (χ4n) is 2.10. The van der Waals surface area contributed by atoms with E-state index < -0.39 is 17.3 Å². The van der Waals surface area contributed by atoms with Crippen molar-refractivity contribution in [3.63, 3.8) is 0 Å². The molecule has 1 N–H and O–H groups in total. The van der Waals surface area contributed by atoms with Crippen LogP contribution >= 0.6 is 0 Å². The van der Waals surface area contributed by atoms with E-state index in [1.54, 1.807) is 12.3 Å². The fraction of sp³-hybridized carbons (Fsp3) is 0.0625. The number of pyridine rings is 1. The van der Waals surface area contributed by atoms with Crippen LogP contribution in [0.25, 0.3) is 5.65 Å². The minimum Gasteiger partial charge on any atom is -0.322 e. The van der Waals surface area contributed by atoms with Gasteiger partial charge in [0.25, 0.3) is 11.5 Å². The number of carbonyl (C=O) groups is 1. The van der Waals surface area contributed by atoms with Crippen molar-refractivity contribution in [3.05, 3.63) is 76.1 Å². The fourth-order valence-corrected chi connectivity index (χ4v) is 2.10. The topological polar surface area (TPSA) is 63.5 Å². The first-order valence-corrected chi connectivity index (χ1v) is 6.59. The molecule has 6 heteroatoms. The Morgan fingerprint density at radius 1 is 1.27 bits per heavy atom. The Morgan fingerprint density at radius 3 is 2.86 bits per heavy atom. The molecule has 0 spiro atoms. The molecule has 1 aromatic carbocycles. The second kappa shape index (κ2) is 5.40. The highest BCUT2D eigenvalue weighted by Crippen LogP contribution is 2.10.